The van der Waals surface area contributed by atoms with E-state index in [1.807, 2.05) is 31.2 Å². The minimum Gasteiger partial charge on any atom is -0.406 e. The number of carbonyl (C=O) groups excluding carboxylic acids is 1. The summed E-state index contributed by atoms with van der Waals surface area (Å²) in [5.74, 6) is 1.45. The minimum absolute atomic E-state index is 0.0820. The van der Waals surface area contributed by atoms with E-state index >= 15 is 0 Å². The number of hydrogen-bond acceptors (Lipinski definition) is 5. The van der Waals surface area contributed by atoms with Crippen LogP contribution in [0, 0.1) is 6.92 Å². The molecule has 0 spiro atoms. The van der Waals surface area contributed by atoms with Crippen molar-refractivity contribution in [2.75, 3.05) is 10.7 Å². The predicted molar refractivity (Wildman–Crippen MR) is 182 cm³/mol. The number of anilines is 1. The molecule has 2 amide bonds. The van der Waals surface area contributed by atoms with Crippen LogP contribution in [0.1, 0.15) is 63.1 Å². The number of aliphatic imine (C=N–C) groups is 1. The van der Waals surface area contributed by atoms with Gasteiger partial charge in [-0.25, -0.2) is 14.5 Å². The van der Waals surface area contributed by atoms with Gasteiger partial charge in [0.15, 0.2) is 11.0 Å². The van der Waals surface area contributed by atoms with Gasteiger partial charge in [-0.05, 0) is 93.0 Å². The van der Waals surface area contributed by atoms with Crippen LogP contribution in [-0.4, -0.2) is 50.2 Å². The lowest BCUT2D eigenvalue weighted by Gasteiger charge is -2.37. The number of rotatable bonds is 9. The Labute approximate surface area is 277 Å². The Morgan fingerprint density at radius 1 is 1.09 bits per heavy atom. The maximum absolute atomic E-state index is 13.1. The number of urea groups is 1. The molecule has 12 heteroatoms. The highest BCUT2D eigenvalue weighted by Gasteiger charge is 2.31. The largest absolute Gasteiger partial charge is 0.573 e. The molecule has 3 aromatic carbocycles. The van der Waals surface area contributed by atoms with Crippen LogP contribution in [-0.2, 0) is 6.42 Å². The van der Waals surface area contributed by atoms with Gasteiger partial charge in [0.1, 0.15) is 12.1 Å². The molecule has 0 saturated carbocycles. The number of amides is 2. The van der Waals surface area contributed by atoms with Crippen molar-refractivity contribution in [2.45, 2.75) is 78.2 Å². The number of alkyl halides is 3. The quantitative estimate of drug-likeness (QED) is 0.193. The van der Waals surface area contributed by atoms with E-state index in [1.165, 1.54) is 46.4 Å². The summed E-state index contributed by atoms with van der Waals surface area (Å²) in [6.07, 6.45) is -0.732. The summed E-state index contributed by atoms with van der Waals surface area (Å²) in [4.78, 5) is 24.2. The third-order valence-corrected chi connectivity index (χ3v) is 8.94. The highest BCUT2D eigenvalue weighted by atomic mass is 32.2. The molecule has 1 aromatic heterocycles. The second kappa shape index (κ2) is 14.6. The molecule has 1 saturated heterocycles. The smallest absolute Gasteiger partial charge is 0.406 e. The summed E-state index contributed by atoms with van der Waals surface area (Å²) >= 11 is 1.62. The number of aromatic nitrogens is 3. The molecule has 2 atom stereocenters. The van der Waals surface area contributed by atoms with E-state index in [-0.39, 0.29) is 23.9 Å². The number of thioether (sulfide) groups is 1. The summed E-state index contributed by atoms with van der Waals surface area (Å²) in [5.41, 5.74) is 6.00. The van der Waals surface area contributed by atoms with Gasteiger partial charge in [-0.1, -0.05) is 62.0 Å². The SMILES string of the molecule is Cc1ccc(C(C)C)c(N2C(=NC(=O)NC(C)CCc3ccc(-c4ncn(-c5ccc(OC(F)(F)F)cc5)n4)cc3)SCCC2C)c1. The summed E-state index contributed by atoms with van der Waals surface area (Å²) in [5, 5.41) is 8.25. The molecule has 1 aliphatic heterocycles. The van der Waals surface area contributed by atoms with Crippen molar-refractivity contribution in [1.82, 2.24) is 20.1 Å². The Morgan fingerprint density at radius 3 is 2.49 bits per heavy atom. The Balaban J connectivity index is 1.17. The lowest BCUT2D eigenvalue weighted by atomic mass is 9.98. The van der Waals surface area contributed by atoms with Crippen molar-refractivity contribution in [1.29, 1.82) is 0 Å². The molecular formula is C35H39F3N6O2S. The monoisotopic (exact) mass is 664 g/mol. The molecule has 248 valence electrons. The van der Waals surface area contributed by atoms with E-state index in [2.05, 4.69) is 75.9 Å². The summed E-state index contributed by atoms with van der Waals surface area (Å²) in [7, 11) is 0. The number of amidine groups is 1. The maximum atomic E-state index is 13.1. The molecule has 2 heterocycles. The van der Waals surface area contributed by atoms with Crippen LogP contribution in [0.2, 0.25) is 0 Å². The number of benzene rings is 3. The van der Waals surface area contributed by atoms with Crippen LogP contribution in [0.15, 0.2) is 78.0 Å². The van der Waals surface area contributed by atoms with Gasteiger partial charge in [0.25, 0.3) is 0 Å². The van der Waals surface area contributed by atoms with Crippen LogP contribution in [0.25, 0.3) is 17.1 Å². The number of nitrogens with zero attached hydrogens (tertiary/aromatic N) is 5. The molecule has 1 N–H and O–H groups in total. The first-order valence-electron chi connectivity index (χ1n) is 15.6. The van der Waals surface area contributed by atoms with Crippen molar-refractivity contribution >= 4 is 28.6 Å². The Hall–Kier alpha value is -4.32. The first kappa shape index (κ1) is 34.0. The number of hydrogen-bond donors (Lipinski definition) is 1. The second-order valence-electron chi connectivity index (χ2n) is 12.1. The molecule has 2 unspecified atom stereocenters. The zero-order valence-corrected chi connectivity index (χ0v) is 27.9. The minimum atomic E-state index is -4.75. The van der Waals surface area contributed by atoms with Crippen LogP contribution in [0.4, 0.5) is 23.7 Å². The van der Waals surface area contributed by atoms with Crippen LogP contribution < -0.4 is 15.0 Å². The third-order valence-electron chi connectivity index (χ3n) is 7.95. The zero-order valence-electron chi connectivity index (χ0n) is 27.1. The number of nitrogens with one attached hydrogen (secondary N) is 1. The molecule has 47 heavy (non-hydrogen) atoms. The molecule has 0 aliphatic carbocycles. The number of carbonyl (C=O) groups is 1. The third kappa shape index (κ3) is 8.94. The number of aryl methyl sites for hydroxylation is 2. The van der Waals surface area contributed by atoms with E-state index in [4.69, 9.17) is 0 Å². The molecule has 0 radical (unpaired) electrons. The Morgan fingerprint density at radius 2 is 1.81 bits per heavy atom. The van der Waals surface area contributed by atoms with Crippen molar-refractivity contribution in [2.24, 2.45) is 4.99 Å². The van der Waals surface area contributed by atoms with Gasteiger partial charge < -0.3 is 15.0 Å². The van der Waals surface area contributed by atoms with Gasteiger partial charge in [-0.2, -0.15) is 4.99 Å². The summed E-state index contributed by atoms with van der Waals surface area (Å²) < 4.78 is 42.7. The van der Waals surface area contributed by atoms with E-state index in [1.54, 1.807) is 11.8 Å². The van der Waals surface area contributed by atoms with Crippen molar-refractivity contribution in [3.63, 3.8) is 0 Å². The number of ether oxygens (including phenoxy) is 1. The van der Waals surface area contributed by atoms with Gasteiger partial charge in [0.2, 0.25) is 0 Å². The van der Waals surface area contributed by atoms with Crippen molar-refractivity contribution < 1.29 is 22.7 Å². The second-order valence-corrected chi connectivity index (χ2v) is 13.2. The van der Waals surface area contributed by atoms with E-state index in [0.717, 1.165) is 47.0 Å². The average Bonchev–Trinajstić information content (AvgIpc) is 3.50. The highest BCUT2D eigenvalue weighted by molar-refractivity contribution is 8.14. The molecule has 1 fully saturated rings. The fourth-order valence-corrected chi connectivity index (χ4v) is 6.62. The standard InChI is InChI=1S/C35H39F3N6O2S/c1-22(2)30-17-6-23(3)20-31(30)44-25(5)18-19-47-34(44)41-33(45)40-24(4)7-8-26-9-11-27(12-10-26)32-39-21-43(42-32)28-13-15-29(16-14-28)46-35(36,37)38/h6,9-17,20-22,24-25H,7-8,18-19H2,1-5H3,(H,40,45). The van der Waals surface area contributed by atoms with E-state index in [0.29, 0.717) is 17.4 Å². The van der Waals surface area contributed by atoms with Gasteiger partial charge in [-0.15, -0.1) is 18.3 Å². The topological polar surface area (TPSA) is 84.6 Å². The van der Waals surface area contributed by atoms with Crippen LogP contribution >= 0.6 is 11.8 Å². The molecule has 8 nitrogen and oxygen atoms in total. The van der Waals surface area contributed by atoms with E-state index < -0.39 is 6.36 Å². The average molecular weight is 665 g/mol. The predicted octanol–water partition coefficient (Wildman–Crippen LogP) is 8.68. The van der Waals surface area contributed by atoms with Crippen LogP contribution in [0.5, 0.6) is 5.75 Å². The Kier molecular flexibility index (Phi) is 10.6. The lowest BCUT2D eigenvalue weighted by Crippen LogP contribution is -2.43. The van der Waals surface area contributed by atoms with Crippen molar-refractivity contribution in [3.8, 4) is 22.8 Å². The van der Waals surface area contributed by atoms with Crippen LogP contribution in [0.3, 0.4) is 0 Å². The normalized spacial score (nSPS) is 16.8. The fourth-order valence-electron chi connectivity index (χ4n) is 5.41. The number of halogens is 3. The first-order chi connectivity index (χ1) is 22.4. The van der Waals surface area contributed by atoms with Gasteiger partial charge in [0.05, 0.1) is 5.69 Å². The molecular weight excluding hydrogens is 625 g/mol. The summed E-state index contributed by atoms with van der Waals surface area (Å²) in [6, 6.07) is 19.6. The highest BCUT2D eigenvalue weighted by Crippen LogP contribution is 2.35. The Bertz CT molecular complexity index is 1700. The summed E-state index contributed by atoms with van der Waals surface area (Å²) in [6.45, 7) is 10.6. The first-order valence-corrected chi connectivity index (χ1v) is 16.6. The molecule has 4 aromatic rings. The zero-order chi connectivity index (χ0) is 33.7. The van der Waals surface area contributed by atoms with Gasteiger partial charge >= 0.3 is 12.4 Å². The van der Waals surface area contributed by atoms with Gasteiger partial charge in [0, 0.05) is 29.1 Å². The maximum Gasteiger partial charge on any atom is 0.573 e. The van der Waals surface area contributed by atoms with Crippen molar-refractivity contribution in [3.05, 3.63) is 89.7 Å². The van der Waals surface area contributed by atoms with E-state index in [9.17, 15) is 18.0 Å². The van der Waals surface area contributed by atoms with Gasteiger partial charge in [-0.3, -0.25) is 0 Å². The fraction of sp³-hybridized carbons (Fsp3) is 0.371. The molecule has 5 rings (SSSR count). The molecule has 0 bridgehead atoms. The molecule has 1 aliphatic rings. The lowest BCUT2D eigenvalue weighted by molar-refractivity contribution is -0.274.